The zero-order chi connectivity index (χ0) is 15.2. The van der Waals surface area contributed by atoms with Crippen LogP contribution in [-0.4, -0.2) is 11.9 Å². The summed E-state index contributed by atoms with van der Waals surface area (Å²) in [6.45, 7) is 3.75. The van der Waals surface area contributed by atoms with Crippen LogP contribution in [0.4, 0.5) is 11.4 Å². The Labute approximate surface area is 132 Å². The molecule has 4 heteroatoms. The molecule has 1 fully saturated rings. The molecule has 0 saturated heterocycles. The van der Waals surface area contributed by atoms with Crippen LogP contribution >= 0.6 is 11.6 Å². The van der Waals surface area contributed by atoms with Gasteiger partial charge in [0.2, 0.25) is 5.91 Å². The van der Waals surface area contributed by atoms with E-state index in [9.17, 15) is 4.79 Å². The third-order valence-electron chi connectivity index (χ3n) is 4.19. The highest BCUT2D eigenvalue weighted by molar-refractivity contribution is 6.34. The smallest absolute Gasteiger partial charge is 0.221 e. The summed E-state index contributed by atoms with van der Waals surface area (Å²) >= 11 is 6.20. The lowest BCUT2D eigenvalue weighted by molar-refractivity contribution is -0.114. The Morgan fingerprint density at radius 3 is 2.57 bits per heavy atom. The maximum Gasteiger partial charge on any atom is 0.221 e. The first kappa shape index (κ1) is 16.2. The van der Waals surface area contributed by atoms with Crippen LogP contribution in [0, 0.1) is 5.92 Å². The zero-order valence-corrected chi connectivity index (χ0v) is 13.7. The van der Waals surface area contributed by atoms with E-state index in [1.807, 2.05) is 18.2 Å². The summed E-state index contributed by atoms with van der Waals surface area (Å²) in [5.41, 5.74) is 1.70. The fourth-order valence-corrected chi connectivity index (χ4v) is 3.36. The Morgan fingerprint density at radius 2 is 2.00 bits per heavy atom. The summed E-state index contributed by atoms with van der Waals surface area (Å²) in [6.07, 6.45) is 7.77. The molecule has 0 aliphatic heterocycles. The fraction of sp³-hybridized carbons (Fsp3) is 0.588. The molecule has 0 unspecified atom stereocenters. The molecule has 1 aliphatic carbocycles. The predicted octanol–water partition coefficient (Wildman–Crippen LogP) is 5.07. The number of carbonyl (C=O) groups excluding carboxylic acids is 1. The van der Waals surface area contributed by atoms with Crippen molar-refractivity contribution in [2.24, 2.45) is 5.92 Å². The van der Waals surface area contributed by atoms with E-state index in [0.717, 1.165) is 11.6 Å². The maximum absolute atomic E-state index is 11.1. The second-order valence-electron chi connectivity index (χ2n) is 6.03. The van der Waals surface area contributed by atoms with Gasteiger partial charge in [0.1, 0.15) is 0 Å². The minimum absolute atomic E-state index is 0.105. The van der Waals surface area contributed by atoms with Gasteiger partial charge in [-0.15, -0.1) is 0 Å². The first-order valence-corrected chi connectivity index (χ1v) is 8.30. The van der Waals surface area contributed by atoms with E-state index >= 15 is 0 Å². The highest BCUT2D eigenvalue weighted by atomic mass is 35.5. The molecule has 1 saturated carbocycles. The van der Waals surface area contributed by atoms with Crippen LogP contribution in [0.3, 0.4) is 0 Å². The number of amides is 1. The van der Waals surface area contributed by atoms with Crippen molar-refractivity contribution in [1.82, 2.24) is 0 Å². The Kier molecular flexibility index (Phi) is 5.92. The Bertz CT molecular complexity index is 482. The lowest BCUT2D eigenvalue weighted by Gasteiger charge is -2.29. The quantitative estimate of drug-likeness (QED) is 0.797. The highest BCUT2D eigenvalue weighted by Gasteiger charge is 2.20. The van der Waals surface area contributed by atoms with Crippen molar-refractivity contribution in [2.45, 2.75) is 58.4 Å². The van der Waals surface area contributed by atoms with E-state index in [1.165, 1.54) is 45.4 Å². The second-order valence-corrected chi connectivity index (χ2v) is 6.43. The summed E-state index contributed by atoms with van der Waals surface area (Å²) < 4.78 is 0. The van der Waals surface area contributed by atoms with Crippen molar-refractivity contribution in [2.75, 3.05) is 10.6 Å². The Morgan fingerprint density at radius 1 is 1.29 bits per heavy atom. The summed E-state index contributed by atoms with van der Waals surface area (Å²) in [5, 5.41) is 6.87. The van der Waals surface area contributed by atoms with Crippen LogP contribution in [0.1, 0.15) is 52.4 Å². The molecule has 0 heterocycles. The lowest BCUT2D eigenvalue weighted by atomic mass is 9.83. The summed E-state index contributed by atoms with van der Waals surface area (Å²) in [5.74, 6) is 0.811. The molecule has 0 aromatic heterocycles. The van der Waals surface area contributed by atoms with Gasteiger partial charge in [-0.05, 0) is 49.8 Å². The van der Waals surface area contributed by atoms with Gasteiger partial charge >= 0.3 is 0 Å². The molecule has 1 aliphatic rings. The predicted molar refractivity (Wildman–Crippen MR) is 90.0 cm³/mol. The van der Waals surface area contributed by atoms with Crippen molar-refractivity contribution in [1.29, 1.82) is 0 Å². The van der Waals surface area contributed by atoms with Crippen molar-refractivity contribution < 1.29 is 4.79 Å². The van der Waals surface area contributed by atoms with Crippen molar-refractivity contribution >= 4 is 28.9 Å². The maximum atomic E-state index is 11.1. The van der Waals surface area contributed by atoms with Crippen molar-refractivity contribution in [3.8, 4) is 0 Å². The fourth-order valence-electron chi connectivity index (χ4n) is 3.14. The van der Waals surface area contributed by atoms with Gasteiger partial charge in [-0.1, -0.05) is 31.4 Å². The van der Waals surface area contributed by atoms with E-state index < -0.39 is 0 Å². The third-order valence-corrected chi connectivity index (χ3v) is 4.51. The van der Waals surface area contributed by atoms with Gasteiger partial charge in [0.15, 0.2) is 0 Å². The highest BCUT2D eigenvalue weighted by Crippen LogP contribution is 2.31. The minimum Gasteiger partial charge on any atom is -0.382 e. The minimum atomic E-state index is -0.105. The van der Waals surface area contributed by atoms with Gasteiger partial charge in [0.05, 0.1) is 10.7 Å². The van der Waals surface area contributed by atoms with E-state index in [1.54, 1.807) is 0 Å². The molecule has 1 amide bonds. The third kappa shape index (κ3) is 4.92. The zero-order valence-electron chi connectivity index (χ0n) is 12.9. The summed E-state index contributed by atoms with van der Waals surface area (Å²) in [7, 11) is 0. The molecule has 0 atom stereocenters. The van der Waals surface area contributed by atoms with Gasteiger partial charge in [0, 0.05) is 18.7 Å². The number of carbonyl (C=O) groups is 1. The van der Waals surface area contributed by atoms with E-state index in [0.29, 0.717) is 16.8 Å². The van der Waals surface area contributed by atoms with E-state index in [-0.39, 0.29) is 5.91 Å². The number of nitrogens with one attached hydrogen (secondary N) is 2. The number of hydrogen-bond acceptors (Lipinski definition) is 2. The van der Waals surface area contributed by atoms with Gasteiger partial charge in [-0.3, -0.25) is 4.79 Å². The molecule has 1 aromatic carbocycles. The number of hydrogen-bond donors (Lipinski definition) is 2. The van der Waals surface area contributed by atoms with Gasteiger partial charge in [0.25, 0.3) is 0 Å². The molecule has 2 N–H and O–H groups in total. The average molecular weight is 309 g/mol. The molecule has 0 radical (unpaired) electrons. The first-order valence-electron chi connectivity index (χ1n) is 7.92. The molecule has 0 bridgehead atoms. The number of benzene rings is 1. The molecular formula is C17H25ClN2O. The van der Waals surface area contributed by atoms with Crippen LogP contribution in [0.2, 0.25) is 5.02 Å². The SMILES string of the molecule is CCCC1CCC(Nc2ccc(NC(C)=O)c(Cl)c2)CC1. The van der Waals surface area contributed by atoms with Crippen molar-refractivity contribution in [3.05, 3.63) is 23.2 Å². The monoisotopic (exact) mass is 308 g/mol. The largest absolute Gasteiger partial charge is 0.382 e. The molecular weight excluding hydrogens is 284 g/mol. The van der Waals surface area contributed by atoms with Gasteiger partial charge < -0.3 is 10.6 Å². The molecule has 2 rings (SSSR count). The molecule has 1 aromatic rings. The molecule has 116 valence electrons. The number of halogens is 1. The van der Waals surface area contributed by atoms with Crippen LogP contribution in [0.25, 0.3) is 0 Å². The Balaban J connectivity index is 1.89. The van der Waals surface area contributed by atoms with Gasteiger partial charge in [-0.25, -0.2) is 0 Å². The molecule has 0 spiro atoms. The normalized spacial score (nSPS) is 21.9. The number of rotatable bonds is 5. The van der Waals surface area contributed by atoms with Gasteiger partial charge in [-0.2, -0.15) is 0 Å². The van der Waals surface area contributed by atoms with E-state index in [2.05, 4.69) is 17.6 Å². The lowest BCUT2D eigenvalue weighted by Crippen LogP contribution is -2.26. The summed E-state index contributed by atoms with van der Waals surface area (Å²) in [6, 6.07) is 6.27. The standard InChI is InChI=1S/C17H25ClN2O/c1-3-4-13-5-7-14(8-6-13)20-15-9-10-17(16(18)11-15)19-12(2)21/h9-11,13-14,20H,3-8H2,1-2H3,(H,19,21). The second kappa shape index (κ2) is 7.69. The molecule has 21 heavy (non-hydrogen) atoms. The van der Waals surface area contributed by atoms with Crippen LogP contribution in [0.5, 0.6) is 0 Å². The van der Waals surface area contributed by atoms with Crippen LogP contribution in [0.15, 0.2) is 18.2 Å². The average Bonchev–Trinajstić information content (AvgIpc) is 2.44. The Hall–Kier alpha value is -1.22. The van der Waals surface area contributed by atoms with Crippen LogP contribution in [-0.2, 0) is 4.79 Å². The topological polar surface area (TPSA) is 41.1 Å². The molecule has 3 nitrogen and oxygen atoms in total. The van der Waals surface area contributed by atoms with E-state index in [4.69, 9.17) is 11.6 Å². The number of anilines is 2. The van der Waals surface area contributed by atoms with Crippen LogP contribution < -0.4 is 10.6 Å². The van der Waals surface area contributed by atoms with Crippen molar-refractivity contribution in [3.63, 3.8) is 0 Å². The first-order chi connectivity index (χ1) is 10.1. The summed E-state index contributed by atoms with van der Waals surface area (Å²) in [4.78, 5) is 11.1.